The van der Waals surface area contributed by atoms with Gasteiger partial charge in [0.25, 0.3) is 0 Å². The summed E-state index contributed by atoms with van der Waals surface area (Å²) in [5, 5.41) is 11.0. The van der Waals surface area contributed by atoms with Crippen molar-refractivity contribution >= 4 is 0 Å². The molecule has 2 rings (SSSR count). The second kappa shape index (κ2) is 6.33. The lowest BCUT2D eigenvalue weighted by Crippen LogP contribution is -2.31. The van der Waals surface area contributed by atoms with Crippen molar-refractivity contribution < 1.29 is 9.15 Å². The smallest absolute Gasteiger partial charge is 0.230 e. The van der Waals surface area contributed by atoms with E-state index in [-0.39, 0.29) is 6.04 Å². The van der Waals surface area contributed by atoms with Crippen LogP contribution >= 0.6 is 0 Å². The van der Waals surface area contributed by atoms with E-state index in [1.54, 1.807) is 6.92 Å². The summed E-state index contributed by atoms with van der Waals surface area (Å²) in [6, 6.07) is 8.23. The Labute approximate surface area is 113 Å². The molecular formula is C14H19N3O2. The molecule has 0 spiro atoms. The SMILES string of the molecule is Cc1ccc(OCC(C)NCc2nnc(C)o2)cc1. The molecule has 0 aliphatic carbocycles. The lowest BCUT2D eigenvalue weighted by Gasteiger charge is -2.13. The largest absolute Gasteiger partial charge is 0.492 e. The highest BCUT2D eigenvalue weighted by atomic mass is 16.5. The Morgan fingerprint density at radius 1 is 1.21 bits per heavy atom. The Bertz CT molecular complexity index is 508. The van der Waals surface area contributed by atoms with Gasteiger partial charge in [0, 0.05) is 13.0 Å². The van der Waals surface area contributed by atoms with Gasteiger partial charge in [-0.3, -0.25) is 0 Å². The molecule has 102 valence electrons. The molecule has 2 aromatic rings. The van der Waals surface area contributed by atoms with Crippen LogP contribution in [-0.4, -0.2) is 22.8 Å². The molecule has 0 amide bonds. The Morgan fingerprint density at radius 2 is 1.95 bits per heavy atom. The van der Waals surface area contributed by atoms with Gasteiger partial charge in [0.1, 0.15) is 12.4 Å². The minimum atomic E-state index is 0.202. The number of benzene rings is 1. The van der Waals surface area contributed by atoms with Crippen LogP contribution in [0.3, 0.4) is 0 Å². The van der Waals surface area contributed by atoms with E-state index in [1.165, 1.54) is 5.56 Å². The average molecular weight is 261 g/mol. The number of nitrogens with one attached hydrogen (secondary N) is 1. The van der Waals surface area contributed by atoms with Crippen molar-refractivity contribution in [3.8, 4) is 5.75 Å². The number of ether oxygens (including phenoxy) is 1. The number of rotatable bonds is 6. The summed E-state index contributed by atoms with van der Waals surface area (Å²) in [5.74, 6) is 2.06. The van der Waals surface area contributed by atoms with Crippen LogP contribution in [0.25, 0.3) is 0 Å². The molecule has 1 N–H and O–H groups in total. The third-order valence-electron chi connectivity index (χ3n) is 2.69. The minimum absolute atomic E-state index is 0.202. The van der Waals surface area contributed by atoms with E-state index in [4.69, 9.17) is 9.15 Å². The van der Waals surface area contributed by atoms with Gasteiger partial charge in [0.05, 0.1) is 6.54 Å². The molecule has 1 unspecified atom stereocenters. The van der Waals surface area contributed by atoms with Gasteiger partial charge in [0.15, 0.2) is 0 Å². The van der Waals surface area contributed by atoms with Gasteiger partial charge in [-0.15, -0.1) is 10.2 Å². The highest BCUT2D eigenvalue weighted by Gasteiger charge is 2.06. The normalized spacial score (nSPS) is 12.4. The zero-order chi connectivity index (χ0) is 13.7. The van der Waals surface area contributed by atoms with Crippen LogP contribution < -0.4 is 10.1 Å². The molecule has 5 nitrogen and oxygen atoms in total. The number of nitrogens with zero attached hydrogens (tertiary/aromatic N) is 2. The first-order valence-electron chi connectivity index (χ1n) is 6.35. The molecule has 0 saturated carbocycles. The van der Waals surface area contributed by atoms with E-state index in [1.807, 2.05) is 24.3 Å². The van der Waals surface area contributed by atoms with Crippen LogP contribution in [0.15, 0.2) is 28.7 Å². The monoisotopic (exact) mass is 261 g/mol. The van der Waals surface area contributed by atoms with Crippen molar-refractivity contribution in [2.45, 2.75) is 33.4 Å². The van der Waals surface area contributed by atoms with E-state index in [2.05, 4.69) is 29.4 Å². The van der Waals surface area contributed by atoms with E-state index in [0.29, 0.717) is 24.9 Å². The van der Waals surface area contributed by atoms with Crippen LogP contribution in [0.5, 0.6) is 5.75 Å². The number of aromatic nitrogens is 2. The van der Waals surface area contributed by atoms with Gasteiger partial charge in [-0.1, -0.05) is 17.7 Å². The fraction of sp³-hybridized carbons (Fsp3) is 0.429. The molecule has 19 heavy (non-hydrogen) atoms. The van der Waals surface area contributed by atoms with Gasteiger partial charge in [-0.2, -0.15) is 0 Å². The van der Waals surface area contributed by atoms with Crippen molar-refractivity contribution in [2.24, 2.45) is 0 Å². The maximum Gasteiger partial charge on any atom is 0.230 e. The zero-order valence-electron chi connectivity index (χ0n) is 11.5. The summed E-state index contributed by atoms with van der Waals surface area (Å²) in [5.41, 5.74) is 1.23. The minimum Gasteiger partial charge on any atom is -0.492 e. The van der Waals surface area contributed by atoms with E-state index in [9.17, 15) is 0 Å². The Kier molecular flexibility index (Phi) is 4.52. The van der Waals surface area contributed by atoms with Crippen molar-refractivity contribution in [1.29, 1.82) is 0 Å². The zero-order valence-corrected chi connectivity index (χ0v) is 11.5. The molecule has 1 aromatic carbocycles. The first kappa shape index (κ1) is 13.5. The molecule has 1 atom stereocenters. The number of aryl methyl sites for hydroxylation is 2. The molecule has 0 saturated heterocycles. The molecule has 0 bridgehead atoms. The average Bonchev–Trinajstić information content (AvgIpc) is 2.81. The Morgan fingerprint density at radius 3 is 2.58 bits per heavy atom. The van der Waals surface area contributed by atoms with E-state index in [0.717, 1.165) is 5.75 Å². The third-order valence-corrected chi connectivity index (χ3v) is 2.69. The van der Waals surface area contributed by atoms with Crippen molar-refractivity contribution in [1.82, 2.24) is 15.5 Å². The van der Waals surface area contributed by atoms with E-state index < -0.39 is 0 Å². The molecule has 0 fully saturated rings. The maximum absolute atomic E-state index is 5.69. The molecular weight excluding hydrogens is 242 g/mol. The van der Waals surface area contributed by atoms with Crippen molar-refractivity contribution in [2.75, 3.05) is 6.61 Å². The topological polar surface area (TPSA) is 60.2 Å². The molecule has 1 aromatic heterocycles. The van der Waals surface area contributed by atoms with Gasteiger partial charge >= 0.3 is 0 Å². The molecule has 0 aliphatic rings. The fourth-order valence-electron chi connectivity index (χ4n) is 1.59. The number of hydrogen-bond acceptors (Lipinski definition) is 5. The van der Waals surface area contributed by atoms with Gasteiger partial charge in [0.2, 0.25) is 11.8 Å². The summed E-state index contributed by atoms with van der Waals surface area (Å²) in [6.45, 7) is 7.04. The fourth-order valence-corrected chi connectivity index (χ4v) is 1.59. The summed E-state index contributed by atoms with van der Waals surface area (Å²) in [6.07, 6.45) is 0. The molecule has 5 heteroatoms. The van der Waals surface area contributed by atoms with Crippen LogP contribution in [-0.2, 0) is 6.54 Å². The van der Waals surface area contributed by atoms with E-state index >= 15 is 0 Å². The predicted octanol–water partition coefficient (Wildman–Crippen LogP) is 2.24. The molecule has 1 heterocycles. The van der Waals surface area contributed by atoms with Gasteiger partial charge in [-0.05, 0) is 26.0 Å². The standard InChI is InChI=1S/C14H19N3O2/c1-10-4-6-13(7-5-10)18-9-11(2)15-8-14-17-16-12(3)19-14/h4-7,11,15H,8-9H2,1-3H3. The molecule has 0 radical (unpaired) electrons. The number of hydrogen-bond donors (Lipinski definition) is 1. The lowest BCUT2D eigenvalue weighted by atomic mass is 10.2. The third kappa shape index (κ3) is 4.37. The van der Waals surface area contributed by atoms with Crippen LogP contribution in [0, 0.1) is 13.8 Å². The van der Waals surface area contributed by atoms with Crippen LogP contribution in [0.4, 0.5) is 0 Å². The maximum atomic E-state index is 5.69. The highest BCUT2D eigenvalue weighted by molar-refractivity contribution is 5.26. The summed E-state index contributed by atoms with van der Waals surface area (Å²) >= 11 is 0. The second-order valence-electron chi connectivity index (χ2n) is 4.62. The lowest BCUT2D eigenvalue weighted by molar-refractivity contribution is 0.268. The first-order valence-corrected chi connectivity index (χ1v) is 6.35. The van der Waals surface area contributed by atoms with Crippen LogP contribution in [0.1, 0.15) is 24.3 Å². The molecule has 0 aliphatic heterocycles. The van der Waals surface area contributed by atoms with Crippen LogP contribution in [0.2, 0.25) is 0 Å². The second-order valence-corrected chi connectivity index (χ2v) is 4.62. The Hall–Kier alpha value is -1.88. The quantitative estimate of drug-likeness (QED) is 0.864. The van der Waals surface area contributed by atoms with Crippen molar-refractivity contribution in [3.05, 3.63) is 41.6 Å². The summed E-state index contributed by atoms with van der Waals surface area (Å²) in [7, 11) is 0. The Balaban J connectivity index is 1.72. The predicted molar refractivity (Wildman–Crippen MR) is 72.0 cm³/mol. The highest BCUT2D eigenvalue weighted by Crippen LogP contribution is 2.11. The summed E-state index contributed by atoms with van der Waals surface area (Å²) < 4.78 is 11.0. The first-order chi connectivity index (χ1) is 9.13. The van der Waals surface area contributed by atoms with Gasteiger partial charge < -0.3 is 14.5 Å². The van der Waals surface area contributed by atoms with Crippen molar-refractivity contribution in [3.63, 3.8) is 0 Å². The summed E-state index contributed by atoms with van der Waals surface area (Å²) in [4.78, 5) is 0. The van der Waals surface area contributed by atoms with Gasteiger partial charge in [-0.25, -0.2) is 0 Å².